The molecule has 0 aliphatic carbocycles. The molecule has 0 rings (SSSR count). The lowest BCUT2D eigenvalue weighted by atomic mass is 9.79. The van der Waals surface area contributed by atoms with Crippen LogP contribution in [0.25, 0.3) is 0 Å². The van der Waals surface area contributed by atoms with Crippen LogP contribution in [0.1, 0.15) is 6.42 Å². The van der Waals surface area contributed by atoms with Crippen LogP contribution in [0.4, 0.5) is 39.5 Å². The number of halogens is 9. The summed E-state index contributed by atoms with van der Waals surface area (Å²) in [6.45, 7) is 0. The lowest BCUT2D eigenvalue weighted by molar-refractivity contribution is -0.429. The second-order valence-corrected chi connectivity index (χ2v) is 3.55. The van der Waals surface area contributed by atoms with Crippen LogP contribution < -0.4 is 5.73 Å². The third-order valence-corrected chi connectivity index (χ3v) is 2.30. The van der Waals surface area contributed by atoms with Gasteiger partial charge in [0, 0.05) is 6.42 Å². The van der Waals surface area contributed by atoms with E-state index in [0.717, 1.165) is 0 Å². The zero-order valence-electron chi connectivity index (χ0n) is 8.62. The van der Waals surface area contributed by atoms with Crippen LogP contribution in [0.15, 0.2) is 0 Å². The van der Waals surface area contributed by atoms with Crippen molar-refractivity contribution in [3.05, 3.63) is 0 Å². The maximum Gasteiger partial charge on any atom is 0.412 e. The predicted octanol–water partition coefficient (Wildman–Crippen LogP) is 2.46. The normalized spacial score (nSPS) is 16.3. The Kier molecular flexibility index (Phi) is 4.42. The molecule has 1 unspecified atom stereocenters. The fourth-order valence-electron chi connectivity index (χ4n) is 1.25. The third-order valence-electron chi connectivity index (χ3n) is 2.30. The van der Waals surface area contributed by atoms with Crippen LogP contribution in [0.3, 0.4) is 0 Å². The SMILES string of the molecule is NC(CC(C(F)(F)F)(C(F)(F)F)C(F)(F)F)C(=O)O. The van der Waals surface area contributed by atoms with Crippen molar-refractivity contribution in [1.82, 2.24) is 0 Å². The molecule has 0 aliphatic rings. The number of rotatable bonds is 3. The van der Waals surface area contributed by atoms with Crippen LogP contribution in [-0.2, 0) is 4.79 Å². The Labute approximate surface area is 98.7 Å². The van der Waals surface area contributed by atoms with Crippen LogP contribution in [0, 0.1) is 5.41 Å². The minimum absolute atomic E-state index is 2.41. The van der Waals surface area contributed by atoms with E-state index >= 15 is 0 Å². The number of carboxylic acids is 1. The lowest BCUT2D eigenvalue weighted by Crippen LogP contribution is -2.62. The summed E-state index contributed by atoms with van der Waals surface area (Å²) in [5, 5.41) is 8.12. The van der Waals surface area contributed by atoms with Gasteiger partial charge in [-0.25, -0.2) is 0 Å². The van der Waals surface area contributed by atoms with Gasteiger partial charge < -0.3 is 10.8 Å². The highest BCUT2D eigenvalue weighted by Gasteiger charge is 2.83. The lowest BCUT2D eigenvalue weighted by Gasteiger charge is -2.39. The van der Waals surface area contributed by atoms with E-state index in [-0.39, 0.29) is 0 Å². The summed E-state index contributed by atoms with van der Waals surface area (Å²) in [4.78, 5) is 10.1. The molecule has 0 amide bonds. The molecule has 0 saturated heterocycles. The standard InChI is InChI=1S/C7H6F9NO2/c8-5(9,10)4(6(11,12)13,7(14,15)16)1-2(17)3(18)19/h2H,1,17H2,(H,18,19). The van der Waals surface area contributed by atoms with Gasteiger partial charge in [0.2, 0.25) is 0 Å². The van der Waals surface area contributed by atoms with Crippen LogP contribution in [0.5, 0.6) is 0 Å². The summed E-state index contributed by atoms with van der Waals surface area (Å²) in [5.41, 5.74) is -1.80. The molecule has 0 spiro atoms. The van der Waals surface area contributed by atoms with E-state index in [1.165, 1.54) is 0 Å². The van der Waals surface area contributed by atoms with Crippen molar-refractivity contribution in [2.75, 3.05) is 0 Å². The summed E-state index contributed by atoms with van der Waals surface area (Å²) in [5.74, 6) is -2.41. The third kappa shape index (κ3) is 3.04. The fraction of sp³-hybridized carbons (Fsp3) is 0.857. The van der Waals surface area contributed by atoms with E-state index in [1.807, 2.05) is 0 Å². The number of alkyl halides is 9. The first-order valence-electron chi connectivity index (χ1n) is 4.26. The van der Waals surface area contributed by atoms with Crippen molar-refractivity contribution in [2.45, 2.75) is 31.0 Å². The first-order chi connectivity index (χ1) is 8.08. The molecule has 0 fully saturated rings. The van der Waals surface area contributed by atoms with E-state index in [0.29, 0.717) is 0 Å². The molecule has 0 heterocycles. The molecule has 19 heavy (non-hydrogen) atoms. The second-order valence-electron chi connectivity index (χ2n) is 3.55. The van der Waals surface area contributed by atoms with Gasteiger partial charge in [-0.3, -0.25) is 4.79 Å². The van der Waals surface area contributed by atoms with Crippen LogP contribution >= 0.6 is 0 Å². The Bertz CT molecular complexity index is 306. The van der Waals surface area contributed by atoms with E-state index in [4.69, 9.17) is 5.11 Å². The number of nitrogens with two attached hydrogens (primary N) is 1. The maximum atomic E-state index is 12.3. The van der Waals surface area contributed by atoms with E-state index < -0.39 is 42.4 Å². The van der Waals surface area contributed by atoms with Crippen LogP contribution in [-0.4, -0.2) is 35.6 Å². The highest BCUT2D eigenvalue weighted by atomic mass is 19.4. The minimum atomic E-state index is -6.80. The molecule has 0 saturated carbocycles. The average Bonchev–Trinajstić information content (AvgIpc) is 2.06. The Morgan fingerprint density at radius 3 is 1.32 bits per heavy atom. The molecule has 0 radical (unpaired) electrons. The smallest absolute Gasteiger partial charge is 0.412 e. The molecule has 0 aromatic heterocycles. The van der Waals surface area contributed by atoms with Crippen molar-refractivity contribution >= 4 is 5.97 Å². The molecule has 3 N–H and O–H groups in total. The molecule has 1 atom stereocenters. The minimum Gasteiger partial charge on any atom is -0.480 e. The molecule has 0 aromatic carbocycles. The van der Waals surface area contributed by atoms with E-state index in [2.05, 4.69) is 5.73 Å². The number of aliphatic carboxylic acids is 1. The predicted molar refractivity (Wildman–Crippen MR) is 40.8 cm³/mol. The zero-order valence-corrected chi connectivity index (χ0v) is 8.62. The van der Waals surface area contributed by atoms with Gasteiger partial charge in [0.25, 0.3) is 5.41 Å². The van der Waals surface area contributed by atoms with Gasteiger partial charge in [-0.2, -0.15) is 39.5 Å². The van der Waals surface area contributed by atoms with Gasteiger partial charge in [-0.15, -0.1) is 0 Å². The van der Waals surface area contributed by atoms with Gasteiger partial charge in [0.1, 0.15) is 6.04 Å². The molecule has 12 heteroatoms. The highest BCUT2D eigenvalue weighted by Crippen LogP contribution is 2.61. The number of carboxylic acid groups (broad SMARTS) is 1. The Morgan fingerprint density at radius 2 is 1.16 bits per heavy atom. The molecule has 0 aromatic rings. The molecular weight excluding hydrogens is 301 g/mol. The summed E-state index contributed by atoms with van der Waals surface area (Å²) in [6.07, 6.45) is -23.3. The summed E-state index contributed by atoms with van der Waals surface area (Å²) in [6, 6.07) is -2.98. The molecule has 114 valence electrons. The average molecular weight is 307 g/mol. The van der Waals surface area contributed by atoms with Gasteiger partial charge in [0.15, 0.2) is 0 Å². The van der Waals surface area contributed by atoms with Gasteiger partial charge in [-0.05, 0) is 0 Å². The van der Waals surface area contributed by atoms with Crippen molar-refractivity contribution in [1.29, 1.82) is 0 Å². The van der Waals surface area contributed by atoms with Crippen molar-refractivity contribution in [3.8, 4) is 0 Å². The fourth-order valence-corrected chi connectivity index (χ4v) is 1.25. The first kappa shape index (κ1) is 17.8. The Hall–Kier alpha value is -1.20. The van der Waals surface area contributed by atoms with Crippen LogP contribution in [0.2, 0.25) is 0 Å². The van der Waals surface area contributed by atoms with E-state index in [9.17, 15) is 44.3 Å². The Balaban J connectivity index is 6.04. The first-order valence-corrected chi connectivity index (χ1v) is 4.26. The quantitative estimate of drug-likeness (QED) is 0.787. The molecule has 3 nitrogen and oxygen atoms in total. The summed E-state index contributed by atoms with van der Waals surface area (Å²) < 4.78 is 111. The van der Waals surface area contributed by atoms with Gasteiger partial charge in [-0.1, -0.05) is 0 Å². The van der Waals surface area contributed by atoms with Gasteiger partial charge in [0.05, 0.1) is 0 Å². The maximum absolute atomic E-state index is 12.3. The largest absolute Gasteiger partial charge is 0.480 e. The molecule has 0 bridgehead atoms. The topological polar surface area (TPSA) is 63.3 Å². The Morgan fingerprint density at radius 1 is 0.895 bits per heavy atom. The number of carbonyl (C=O) groups is 1. The highest BCUT2D eigenvalue weighted by molar-refractivity contribution is 5.73. The summed E-state index contributed by atoms with van der Waals surface area (Å²) >= 11 is 0. The molecule has 0 aliphatic heterocycles. The van der Waals surface area contributed by atoms with Gasteiger partial charge >= 0.3 is 24.5 Å². The monoisotopic (exact) mass is 307 g/mol. The summed E-state index contributed by atoms with van der Waals surface area (Å²) in [7, 11) is 0. The van der Waals surface area contributed by atoms with E-state index in [1.54, 1.807) is 0 Å². The zero-order chi connectivity index (χ0) is 15.9. The van der Waals surface area contributed by atoms with Crippen molar-refractivity contribution < 1.29 is 49.4 Å². The van der Waals surface area contributed by atoms with Crippen molar-refractivity contribution in [2.24, 2.45) is 11.1 Å². The van der Waals surface area contributed by atoms with Crippen molar-refractivity contribution in [3.63, 3.8) is 0 Å². The number of hydrogen-bond donors (Lipinski definition) is 2. The molecular formula is C7H6F9NO2. The number of hydrogen-bond acceptors (Lipinski definition) is 2. The second kappa shape index (κ2) is 4.72.